The minimum Gasteiger partial charge on any atom is -0.338 e. The number of aryl methyl sites for hydroxylation is 2. The second kappa shape index (κ2) is 7.18. The van der Waals surface area contributed by atoms with Crippen LogP contribution >= 0.6 is 0 Å². The number of amides is 1. The van der Waals surface area contributed by atoms with E-state index in [0.29, 0.717) is 0 Å². The number of carbonyl (C=O) groups excluding carboxylic acids is 1. The average molecular weight is 326 g/mol. The largest absolute Gasteiger partial charge is 0.338 e. The summed E-state index contributed by atoms with van der Waals surface area (Å²) in [5.41, 5.74) is 3.73. The Balaban J connectivity index is 1.56. The third-order valence-corrected chi connectivity index (χ3v) is 4.93. The molecule has 1 fully saturated rings. The van der Waals surface area contributed by atoms with Crippen LogP contribution in [-0.2, 0) is 11.3 Å². The van der Waals surface area contributed by atoms with Crippen LogP contribution in [0.2, 0.25) is 0 Å². The summed E-state index contributed by atoms with van der Waals surface area (Å²) in [5, 5.41) is 4.27. The predicted octanol–water partition coefficient (Wildman–Crippen LogP) is 2.41. The van der Waals surface area contributed by atoms with Gasteiger partial charge in [0.25, 0.3) is 0 Å². The maximum Gasteiger partial charge on any atom is 0.247 e. The molecule has 0 spiro atoms. The first-order valence-electron chi connectivity index (χ1n) is 8.62. The molecule has 1 unspecified atom stereocenters. The number of aromatic nitrogens is 2. The summed E-state index contributed by atoms with van der Waals surface area (Å²) >= 11 is 0. The van der Waals surface area contributed by atoms with E-state index >= 15 is 0 Å². The zero-order chi connectivity index (χ0) is 17.1. The normalized spacial score (nSPS) is 17.0. The molecule has 1 aliphatic heterocycles. The van der Waals surface area contributed by atoms with Gasteiger partial charge in [0.2, 0.25) is 5.91 Å². The summed E-state index contributed by atoms with van der Waals surface area (Å²) in [6, 6.07) is 10.2. The van der Waals surface area contributed by atoms with Gasteiger partial charge in [0.15, 0.2) is 0 Å². The highest BCUT2D eigenvalue weighted by molar-refractivity contribution is 5.80. The molecule has 1 atom stereocenters. The van der Waals surface area contributed by atoms with Crippen molar-refractivity contribution in [3.63, 3.8) is 0 Å². The van der Waals surface area contributed by atoms with Gasteiger partial charge in [-0.15, -0.1) is 0 Å². The molecule has 3 rings (SSSR count). The van der Waals surface area contributed by atoms with Gasteiger partial charge in [-0.1, -0.05) is 24.3 Å². The molecule has 128 valence electrons. The van der Waals surface area contributed by atoms with Gasteiger partial charge in [0.1, 0.15) is 6.04 Å². The van der Waals surface area contributed by atoms with Crippen LogP contribution in [0.25, 0.3) is 0 Å². The molecule has 5 nitrogen and oxygen atoms in total. The SMILES string of the molecule is Cc1ccccc1CN1CCN(C(=O)C(C)n2nccc2C)CC1. The van der Waals surface area contributed by atoms with Gasteiger partial charge in [-0.05, 0) is 38.0 Å². The summed E-state index contributed by atoms with van der Waals surface area (Å²) in [5.74, 6) is 0.164. The lowest BCUT2D eigenvalue weighted by molar-refractivity contribution is -0.136. The molecule has 0 N–H and O–H groups in total. The molecule has 0 aliphatic carbocycles. The van der Waals surface area contributed by atoms with Gasteiger partial charge in [0.05, 0.1) is 0 Å². The maximum absolute atomic E-state index is 12.7. The van der Waals surface area contributed by atoms with E-state index in [1.165, 1.54) is 11.1 Å². The molecule has 1 aliphatic rings. The number of piperazine rings is 1. The van der Waals surface area contributed by atoms with Crippen molar-refractivity contribution in [1.29, 1.82) is 0 Å². The van der Waals surface area contributed by atoms with Crippen molar-refractivity contribution in [2.75, 3.05) is 26.2 Å². The topological polar surface area (TPSA) is 41.4 Å². The van der Waals surface area contributed by atoms with Crippen molar-refractivity contribution in [2.24, 2.45) is 0 Å². The summed E-state index contributed by atoms with van der Waals surface area (Å²) < 4.78 is 1.81. The highest BCUT2D eigenvalue weighted by atomic mass is 16.2. The van der Waals surface area contributed by atoms with Crippen LogP contribution in [0.3, 0.4) is 0 Å². The summed E-state index contributed by atoms with van der Waals surface area (Å²) in [4.78, 5) is 17.1. The fourth-order valence-corrected chi connectivity index (χ4v) is 3.31. The molecule has 5 heteroatoms. The highest BCUT2D eigenvalue weighted by Gasteiger charge is 2.26. The Hall–Kier alpha value is -2.14. The maximum atomic E-state index is 12.7. The van der Waals surface area contributed by atoms with Crippen LogP contribution in [0.1, 0.15) is 29.8 Å². The quantitative estimate of drug-likeness (QED) is 0.866. The molecule has 1 amide bonds. The fourth-order valence-electron chi connectivity index (χ4n) is 3.31. The van der Waals surface area contributed by atoms with Gasteiger partial charge in [-0.3, -0.25) is 14.4 Å². The Morgan fingerprint density at radius 2 is 1.83 bits per heavy atom. The van der Waals surface area contributed by atoms with E-state index in [0.717, 1.165) is 38.4 Å². The zero-order valence-corrected chi connectivity index (χ0v) is 14.8. The van der Waals surface area contributed by atoms with Crippen LogP contribution in [0.4, 0.5) is 0 Å². The van der Waals surface area contributed by atoms with Crippen molar-refractivity contribution in [2.45, 2.75) is 33.4 Å². The third-order valence-electron chi connectivity index (χ3n) is 4.93. The number of carbonyl (C=O) groups is 1. The smallest absolute Gasteiger partial charge is 0.247 e. The second-order valence-electron chi connectivity index (χ2n) is 6.62. The number of benzene rings is 1. The Morgan fingerprint density at radius 3 is 2.46 bits per heavy atom. The molecule has 24 heavy (non-hydrogen) atoms. The Labute approximate surface area is 143 Å². The first-order valence-corrected chi connectivity index (χ1v) is 8.62. The first-order chi connectivity index (χ1) is 11.6. The minimum absolute atomic E-state index is 0.164. The van der Waals surface area contributed by atoms with Crippen LogP contribution in [0.15, 0.2) is 36.5 Å². The van der Waals surface area contributed by atoms with Gasteiger partial charge in [0, 0.05) is 44.6 Å². The number of hydrogen-bond donors (Lipinski definition) is 0. The standard InChI is InChI=1S/C19H26N4O/c1-15-6-4-5-7-18(15)14-21-10-12-22(13-11-21)19(24)17(3)23-16(2)8-9-20-23/h4-9,17H,10-14H2,1-3H3. The molecule has 2 aromatic rings. The zero-order valence-electron chi connectivity index (χ0n) is 14.8. The number of nitrogens with zero attached hydrogens (tertiary/aromatic N) is 4. The molecule has 2 heterocycles. The lowest BCUT2D eigenvalue weighted by Gasteiger charge is -2.36. The third kappa shape index (κ3) is 3.51. The van der Waals surface area contributed by atoms with Crippen LogP contribution < -0.4 is 0 Å². The lowest BCUT2D eigenvalue weighted by atomic mass is 10.1. The van der Waals surface area contributed by atoms with E-state index < -0.39 is 0 Å². The average Bonchev–Trinajstić information content (AvgIpc) is 3.02. The Morgan fingerprint density at radius 1 is 1.12 bits per heavy atom. The van der Waals surface area contributed by atoms with Crippen molar-refractivity contribution in [1.82, 2.24) is 19.6 Å². The van der Waals surface area contributed by atoms with Crippen LogP contribution in [0, 0.1) is 13.8 Å². The molecular formula is C19H26N4O. The van der Waals surface area contributed by atoms with Gasteiger partial charge >= 0.3 is 0 Å². The molecule has 0 bridgehead atoms. The van der Waals surface area contributed by atoms with E-state index in [-0.39, 0.29) is 11.9 Å². The van der Waals surface area contributed by atoms with Gasteiger partial charge in [-0.25, -0.2) is 0 Å². The Bertz CT molecular complexity index is 701. The van der Waals surface area contributed by atoms with Gasteiger partial charge in [-0.2, -0.15) is 5.10 Å². The molecule has 1 aromatic carbocycles. The van der Waals surface area contributed by atoms with Crippen molar-refractivity contribution >= 4 is 5.91 Å². The number of rotatable bonds is 4. The second-order valence-corrected chi connectivity index (χ2v) is 6.62. The molecule has 1 aromatic heterocycles. The van der Waals surface area contributed by atoms with E-state index in [1.807, 2.05) is 29.5 Å². The Kier molecular flexibility index (Phi) is 5.00. The van der Waals surface area contributed by atoms with E-state index in [4.69, 9.17) is 0 Å². The summed E-state index contributed by atoms with van der Waals surface area (Å²) in [6.07, 6.45) is 1.75. The van der Waals surface area contributed by atoms with Crippen LogP contribution in [-0.4, -0.2) is 51.7 Å². The van der Waals surface area contributed by atoms with Crippen LogP contribution in [0.5, 0.6) is 0 Å². The highest BCUT2D eigenvalue weighted by Crippen LogP contribution is 2.16. The van der Waals surface area contributed by atoms with Crippen molar-refractivity contribution < 1.29 is 4.79 Å². The monoisotopic (exact) mass is 326 g/mol. The summed E-state index contributed by atoms with van der Waals surface area (Å²) in [6.45, 7) is 10.4. The van der Waals surface area contributed by atoms with Crippen molar-refractivity contribution in [3.8, 4) is 0 Å². The van der Waals surface area contributed by atoms with E-state index in [1.54, 1.807) is 6.20 Å². The van der Waals surface area contributed by atoms with Gasteiger partial charge < -0.3 is 4.90 Å². The predicted molar refractivity (Wildman–Crippen MR) is 94.7 cm³/mol. The minimum atomic E-state index is -0.233. The molecule has 0 saturated carbocycles. The molecular weight excluding hydrogens is 300 g/mol. The lowest BCUT2D eigenvalue weighted by Crippen LogP contribution is -2.50. The first kappa shape index (κ1) is 16.7. The molecule has 0 radical (unpaired) electrons. The number of hydrogen-bond acceptors (Lipinski definition) is 3. The summed E-state index contributed by atoms with van der Waals surface area (Å²) in [7, 11) is 0. The fraction of sp³-hybridized carbons (Fsp3) is 0.474. The molecule has 1 saturated heterocycles. The van der Waals surface area contributed by atoms with Crippen molar-refractivity contribution in [3.05, 3.63) is 53.3 Å². The van der Waals surface area contributed by atoms with E-state index in [9.17, 15) is 4.79 Å². The van der Waals surface area contributed by atoms with E-state index in [2.05, 4.69) is 41.2 Å².